The summed E-state index contributed by atoms with van der Waals surface area (Å²) >= 11 is 0. The molecule has 4 nitrogen and oxygen atoms in total. The third kappa shape index (κ3) is 5.07. The normalized spacial score (nSPS) is 12.2. The third-order valence-corrected chi connectivity index (χ3v) is 8.38. The highest BCUT2D eigenvalue weighted by atomic mass is 16.5. The molecule has 0 saturated heterocycles. The molecule has 2 heterocycles. The molecule has 0 aliphatic carbocycles. The van der Waals surface area contributed by atoms with Gasteiger partial charge >= 0.3 is 0 Å². The van der Waals surface area contributed by atoms with Crippen LogP contribution in [-0.4, -0.2) is 15.0 Å². The SMILES string of the molecule is Cc1ccc(-c2nc(-c3ccccc3)nc(-c3ccc(-c4ccccc4C4c5ccccc5Oc5ccccc54)cc3)n2)cc1. The van der Waals surface area contributed by atoms with E-state index in [1.807, 2.05) is 42.5 Å². The number of benzene rings is 6. The van der Waals surface area contributed by atoms with E-state index >= 15 is 0 Å². The van der Waals surface area contributed by atoms with Gasteiger partial charge in [0.05, 0.1) is 0 Å². The molecular formula is C41H29N3O. The van der Waals surface area contributed by atoms with Gasteiger partial charge in [-0.25, -0.2) is 15.0 Å². The molecule has 0 unspecified atom stereocenters. The van der Waals surface area contributed by atoms with E-state index in [1.54, 1.807) is 0 Å². The van der Waals surface area contributed by atoms with Crippen LogP contribution in [0.4, 0.5) is 0 Å². The van der Waals surface area contributed by atoms with Crippen molar-refractivity contribution in [1.82, 2.24) is 15.0 Å². The van der Waals surface area contributed by atoms with Gasteiger partial charge in [-0.3, -0.25) is 0 Å². The van der Waals surface area contributed by atoms with E-state index in [9.17, 15) is 0 Å². The molecule has 0 radical (unpaired) electrons. The summed E-state index contributed by atoms with van der Waals surface area (Å²) in [5.74, 6) is 3.81. The molecule has 0 N–H and O–H groups in total. The van der Waals surface area contributed by atoms with Crippen molar-refractivity contribution in [2.45, 2.75) is 12.8 Å². The van der Waals surface area contributed by atoms with Crippen molar-refractivity contribution in [2.24, 2.45) is 0 Å². The molecule has 0 saturated carbocycles. The van der Waals surface area contributed by atoms with Crippen molar-refractivity contribution in [3.63, 3.8) is 0 Å². The molecule has 0 bridgehead atoms. The molecule has 0 fully saturated rings. The Labute approximate surface area is 262 Å². The molecule has 1 aromatic heterocycles. The Kier molecular flexibility index (Phi) is 6.73. The zero-order valence-corrected chi connectivity index (χ0v) is 24.8. The lowest BCUT2D eigenvalue weighted by Crippen LogP contribution is -2.12. The Bertz CT molecular complexity index is 2090. The van der Waals surface area contributed by atoms with Crippen molar-refractivity contribution in [2.75, 3.05) is 0 Å². The number of fused-ring (bicyclic) bond motifs is 2. The summed E-state index contributed by atoms with van der Waals surface area (Å²) in [7, 11) is 0. The number of nitrogens with zero attached hydrogens (tertiary/aromatic N) is 3. The lowest BCUT2D eigenvalue weighted by Gasteiger charge is -2.30. The highest BCUT2D eigenvalue weighted by Gasteiger charge is 2.29. The molecule has 6 aromatic carbocycles. The summed E-state index contributed by atoms with van der Waals surface area (Å²) in [5.41, 5.74) is 9.94. The van der Waals surface area contributed by atoms with Crippen LogP contribution in [0.3, 0.4) is 0 Å². The lowest BCUT2D eigenvalue weighted by atomic mass is 9.79. The van der Waals surface area contributed by atoms with Gasteiger partial charge in [0, 0.05) is 33.7 Å². The summed E-state index contributed by atoms with van der Waals surface area (Å²) in [6.45, 7) is 2.08. The van der Waals surface area contributed by atoms with E-state index in [0.717, 1.165) is 33.8 Å². The van der Waals surface area contributed by atoms with E-state index in [-0.39, 0.29) is 5.92 Å². The van der Waals surface area contributed by atoms with Crippen molar-refractivity contribution in [3.8, 4) is 56.8 Å². The number of ether oxygens (including phenoxy) is 1. The first-order valence-electron chi connectivity index (χ1n) is 15.2. The molecule has 0 spiro atoms. The average Bonchev–Trinajstić information content (AvgIpc) is 3.11. The number of aryl methyl sites for hydroxylation is 1. The minimum atomic E-state index is 0.0519. The summed E-state index contributed by atoms with van der Waals surface area (Å²) in [6.07, 6.45) is 0. The summed E-state index contributed by atoms with van der Waals surface area (Å²) in [4.78, 5) is 14.7. The minimum absolute atomic E-state index is 0.0519. The summed E-state index contributed by atoms with van der Waals surface area (Å²) in [6, 6.07) is 52.3. The Balaban J connectivity index is 1.21. The highest BCUT2D eigenvalue weighted by Crippen LogP contribution is 2.49. The monoisotopic (exact) mass is 579 g/mol. The van der Waals surface area contributed by atoms with Crippen LogP contribution in [0.1, 0.15) is 28.2 Å². The predicted molar refractivity (Wildman–Crippen MR) is 180 cm³/mol. The van der Waals surface area contributed by atoms with Gasteiger partial charge in [0.2, 0.25) is 0 Å². The quantitative estimate of drug-likeness (QED) is 0.204. The molecule has 45 heavy (non-hydrogen) atoms. The maximum Gasteiger partial charge on any atom is 0.164 e. The van der Waals surface area contributed by atoms with Crippen LogP contribution in [0, 0.1) is 6.92 Å². The van der Waals surface area contributed by atoms with Crippen LogP contribution in [0.2, 0.25) is 0 Å². The van der Waals surface area contributed by atoms with E-state index in [1.165, 1.54) is 27.8 Å². The van der Waals surface area contributed by atoms with E-state index in [2.05, 4.69) is 116 Å². The second-order valence-electron chi connectivity index (χ2n) is 11.3. The fraction of sp³-hybridized carbons (Fsp3) is 0.0488. The molecule has 8 rings (SSSR count). The first-order chi connectivity index (χ1) is 22.2. The van der Waals surface area contributed by atoms with Crippen LogP contribution in [0.5, 0.6) is 11.5 Å². The average molecular weight is 580 g/mol. The van der Waals surface area contributed by atoms with Gasteiger partial charge in [-0.2, -0.15) is 0 Å². The van der Waals surface area contributed by atoms with Gasteiger partial charge < -0.3 is 4.74 Å². The maximum absolute atomic E-state index is 6.31. The van der Waals surface area contributed by atoms with Crippen LogP contribution in [0.15, 0.2) is 152 Å². The Morgan fingerprint density at radius 2 is 0.822 bits per heavy atom. The first-order valence-corrected chi connectivity index (χ1v) is 15.2. The smallest absolute Gasteiger partial charge is 0.164 e. The van der Waals surface area contributed by atoms with E-state index < -0.39 is 0 Å². The fourth-order valence-corrected chi connectivity index (χ4v) is 6.11. The van der Waals surface area contributed by atoms with E-state index in [0.29, 0.717) is 17.5 Å². The van der Waals surface area contributed by atoms with Crippen molar-refractivity contribution < 1.29 is 4.74 Å². The molecule has 214 valence electrons. The second-order valence-corrected chi connectivity index (χ2v) is 11.3. The Morgan fingerprint density at radius 3 is 1.40 bits per heavy atom. The lowest BCUT2D eigenvalue weighted by molar-refractivity contribution is 0.453. The summed E-state index contributed by atoms with van der Waals surface area (Å²) < 4.78 is 6.31. The highest BCUT2D eigenvalue weighted by molar-refractivity contribution is 5.75. The van der Waals surface area contributed by atoms with Crippen molar-refractivity contribution in [3.05, 3.63) is 174 Å². The molecule has 1 aliphatic heterocycles. The van der Waals surface area contributed by atoms with Crippen LogP contribution in [0.25, 0.3) is 45.3 Å². The van der Waals surface area contributed by atoms with Gasteiger partial charge in [-0.1, -0.05) is 145 Å². The molecular weight excluding hydrogens is 550 g/mol. The zero-order chi connectivity index (χ0) is 30.2. The van der Waals surface area contributed by atoms with Gasteiger partial charge in [-0.05, 0) is 35.7 Å². The second kappa shape index (κ2) is 11.3. The largest absolute Gasteiger partial charge is 0.457 e. The van der Waals surface area contributed by atoms with E-state index in [4.69, 9.17) is 19.7 Å². The molecule has 4 heteroatoms. The number of hydrogen-bond acceptors (Lipinski definition) is 4. The number of rotatable bonds is 5. The van der Waals surface area contributed by atoms with Gasteiger partial charge in [0.15, 0.2) is 17.5 Å². The number of para-hydroxylation sites is 2. The molecule has 0 amide bonds. The Morgan fingerprint density at radius 1 is 0.400 bits per heavy atom. The van der Waals surface area contributed by atoms with Gasteiger partial charge in [0.25, 0.3) is 0 Å². The summed E-state index contributed by atoms with van der Waals surface area (Å²) in [5, 5.41) is 0. The third-order valence-electron chi connectivity index (χ3n) is 8.38. The zero-order valence-electron chi connectivity index (χ0n) is 24.8. The number of hydrogen-bond donors (Lipinski definition) is 0. The van der Waals surface area contributed by atoms with Gasteiger partial charge in [0.1, 0.15) is 11.5 Å². The van der Waals surface area contributed by atoms with Crippen LogP contribution in [-0.2, 0) is 0 Å². The minimum Gasteiger partial charge on any atom is -0.457 e. The molecule has 0 atom stereocenters. The van der Waals surface area contributed by atoms with Crippen molar-refractivity contribution in [1.29, 1.82) is 0 Å². The first kappa shape index (κ1) is 26.7. The number of aromatic nitrogens is 3. The van der Waals surface area contributed by atoms with Gasteiger partial charge in [-0.15, -0.1) is 0 Å². The topological polar surface area (TPSA) is 47.9 Å². The predicted octanol–water partition coefficient (Wildman–Crippen LogP) is 10.1. The Hall–Kier alpha value is -5.87. The molecule has 1 aliphatic rings. The van der Waals surface area contributed by atoms with Crippen molar-refractivity contribution >= 4 is 0 Å². The van der Waals surface area contributed by atoms with Crippen LogP contribution < -0.4 is 4.74 Å². The molecule has 7 aromatic rings. The maximum atomic E-state index is 6.31. The fourth-order valence-electron chi connectivity index (χ4n) is 6.11. The standard InChI is InChI=1S/C41H29N3O/c1-27-19-21-30(22-20-27)40-42-39(29-11-3-2-4-12-29)43-41(44-40)31-25-23-28(24-26-31)32-13-5-6-14-33(32)38-34-15-7-9-17-36(34)45-37-18-10-8-16-35(37)38/h2-26,38H,1H3. The van der Waals surface area contributed by atoms with Crippen LogP contribution >= 0.6 is 0 Å².